The van der Waals surface area contributed by atoms with Crippen LogP contribution in [0.25, 0.3) is 0 Å². The highest BCUT2D eigenvalue weighted by Crippen LogP contribution is 2.37. The van der Waals surface area contributed by atoms with Gasteiger partial charge in [-0.05, 0) is 31.6 Å². The number of hydrogen-bond acceptors (Lipinski definition) is 2. The molecule has 0 amide bonds. The standard InChI is InChI=1S/C11H17N3/c1-8-6-9(7-8)13-11-12-4-5-14(11)10-2-3-10/h4-5,8-10H,2-3,6-7H2,1H3,(H,12,13). The molecule has 3 rings (SSSR count). The molecule has 76 valence electrons. The molecular formula is C11H17N3. The zero-order valence-corrected chi connectivity index (χ0v) is 8.61. The second-order valence-corrected chi connectivity index (χ2v) is 4.81. The molecule has 0 spiro atoms. The summed E-state index contributed by atoms with van der Waals surface area (Å²) in [6.45, 7) is 2.31. The topological polar surface area (TPSA) is 29.9 Å². The second kappa shape index (κ2) is 3.01. The summed E-state index contributed by atoms with van der Waals surface area (Å²) in [6, 6.07) is 1.40. The van der Waals surface area contributed by atoms with Crippen molar-refractivity contribution in [2.24, 2.45) is 5.92 Å². The quantitative estimate of drug-likeness (QED) is 0.795. The number of nitrogens with one attached hydrogen (secondary N) is 1. The Labute approximate surface area is 84.5 Å². The lowest BCUT2D eigenvalue weighted by Crippen LogP contribution is -2.34. The van der Waals surface area contributed by atoms with Crippen molar-refractivity contribution in [3.63, 3.8) is 0 Å². The third-order valence-electron chi connectivity index (χ3n) is 3.32. The Morgan fingerprint density at radius 3 is 2.86 bits per heavy atom. The fourth-order valence-corrected chi connectivity index (χ4v) is 2.27. The maximum atomic E-state index is 4.38. The van der Waals surface area contributed by atoms with E-state index in [-0.39, 0.29) is 0 Å². The smallest absolute Gasteiger partial charge is 0.203 e. The van der Waals surface area contributed by atoms with Crippen molar-refractivity contribution in [3.8, 4) is 0 Å². The Hall–Kier alpha value is -0.990. The lowest BCUT2D eigenvalue weighted by Gasteiger charge is -2.33. The minimum Gasteiger partial charge on any atom is -0.353 e. The van der Waals surface area contributed by atoms with Crippen LogP contribution in [0.1, 0.15) is 38.6 Å². The first kappa shape index (κ1) is 8.33. The van der Waals surface area contributed by atoms with Gasteiger partial charge in [0.05, 0.1) is 0 Å². The number of aromatic nitrogens is 2. The third kappa shape index (κ3) is 1.41. The van der Waals surface area contributed by atoms with Gasteiger partial charge in [0.25, 0.3) is 0 Å². The predicted octanol–water partition coefficient (Wildman–Crippen LogP) is 2.43. The summed E-state index contributed by atoms with van der Waals surface area (Å²) in [5, 5.41) is 3.53. The molecule has 0 unspecified atom stereocenters. The molecule has 1 aromatic rings. The molecule has 0 aromatic carbocycles. The molecule has 0 radical (unpaired) electrons. The molecule has 1 aromatic heterocycles. The minimum absolute atomic E-state index is 0.671. The van der Waals surface area contributed by atoms with E-state index >= 15 is 0 Å². The number of imidazole rings is 1. The van der Waals surface area contributed by atoms with Crippen molar-refractivity contribution in [2.75, 3.05) is 5.32 Å². The summed E-state index contributed by atoms with van der Waals surface area (Å²) in [4.78, 5) is 4.38. The van der Waals surface area contributed by atoms with Crippen molar-refractivity contribution in [3.05, 3.63) is 12.4 Å². The van der Waals surface area contributed by atoms with Gasteiger partial charge < -0.3 is 9.88 Å². The van der Waals surface area contributed by atoms with E-state index in [9.17, 15) is 0 Å². The fraction of sp³-hybridized carbons (Fsp3) is 0.727. The zero-order valence-electron chi connectivity index (χ0n) is 8.61. The van der Waals surface area contributed by atoms with Gasteiger partial charge in [0.15, 0.2) is 0 Å². The van der Waals surface area contributed by atoms with Gasteiger partial charge in [0, 0.05) is 24.5 Å². The van der Waals surface area contributed by atoms with Crippen LogP contribution >= 0.6 is 0 Å². The van der Waals surface area contributed by atoms with Gasteiger partial charge in [0.1, 0.15) is 0 Å². The molecule has 14 heavy (non-hydrogen) atoms. The van der Waals surface area contributed by atoms with E-state index in [0.29, 0.717) is 6.04 Å². The van der Waals surface area contributed by atoms with Crippen molar-refractivity contribution in [1.82, 2.24) is 9.55 Å². The molecule has 0 saturated heterocycles. The molecule has 1 heterocycles. The summed E-state index contributed by atoms with van der Waals surface area (Å²) in [5.41, 5.74) is 0. The number of anilines is 1. The van der Waals surface area contributed by atoms with Crippen molar-refractivity contribution < 1.29 is 0 Å². The van der Waals surface area contributed by atoms with E-state index in [4.69, 9.17) is 0 Å². The Kier molecular flexibility index (Phi) is 1.79. The average molecular weight is 191 g/mol. The minimum atomic E-state index is 0.671. The van der Waals surface area contributed by atoms with Gasteiger partial charge in [-0.1, -0.05) is 6.92 Å². The maximum absolute atomic E-state index is 4.38. The fourth-order valence-electron chi connectivity index (χ4n) is 2.27. The highest BCUT2D eigenvalue weighted by atomic mass is 15.2. The van der Waals surface area contributed by atoms with Gasteiger partial charge in [-0.25, -0.2) is 4.98 Å². The molecule has 1 N–H and O–H groups in total. The summed E-state index contributed by atoms with van der Waals surface area (Å²) < 4.78 is 2.29. The molecule has 3 nitrogen and oxygen atoms in total. The van der Waals surface area contributed by atoms with Crippen LogP contribution < -0.4 is 5.32 Å². The van der Waals surface area contributed by atoms with Crippen LogP contribution in [0.4, 0.5) is 5.95 Å². The maximum Gasteiger partial charge on any atom is 0.203 e. The monoisotopic (exact) mass is 191 g/mol. The number of rotatable bonds is 3. The molecule has 2 aliphatic carbocycles. The van der Waals surface area contributed by atoms with Crippen LogP contribution in [0.3, 0.4) is 0 Å². The van der Waals surface area contributed by atoms with Crippen LogP contribution in [0.2, 0.25) is 0 Å². The number of nitrogens with zero attached hydrogens (tertiary/aromatic N) is 2. The van der Waals surface area contributed by atoms with E-state index in [1.54, 1.807) is 0 Å². The SMILES string of the molecule is CC1CC(Nc2nccn2C2CC2)C1. The predicted molar refractivity (Wildman–Crippen MR) is 56.3 cm³/mol. The van der Waals surface area contributed by atoms with E-state index in [0.717, 1.165) is 17.9 Å². The molecule has 0 bridgehead atoms. The highest BCUT2D eigenvalue weighted by molar-refractivity contribution is 5.30. The summed E-state index contributed by atoms with van der Waals surface area (Å²) in [5.74, 6) is 1.99. The molecule has 0 atom stereocenters. The first-order valence-corrected chi connectivity index (χ1v) is 5.62. The summed E-state index contributed by atoms with van der Waals surface area (Å²) in [7, 11) is 0. The van der Waals surface area contributed by atoms with Crippen molar-refractivity contribution in [1.29, 1.82) is 0 Å². The molecule has 3 heteroatoms. The van der Waals surface area contributed by atoms with Crippen LogP contribution in [0, 0.1) is 5.92 Å². The van der Waals surface area contributed by atoms with Crippen molar-refractivity contribution >= 4 is 5.95 Å². The molecule has 2 saturated carbocycles. The Morgan fingerprint density at radius 2 is 2.21 bits per heavy atom. The molecule has 0 aliphatic heterocycles. The molecule has 2 aliphatic rings. The van der Waals surface area contributed by atoms with Gasteiger partial charge in [-0.3, -0.25) is 0 Å². The van der Waals surface area contributed by atoms with E-state index < -0.39 is 0 Å². The van der Waals surface area contributed by atoms with Gasteiger partial charge >= 0.3 is 0 Å². The highest BCUT2D eigenvalue weighted by Gasteiger charge is 2.29. The van der Waals surface area contributed by atoms with E-state index in [1.165, 1.54) is 25.7 Å². The zero-order chi connectivity index (χ0) is 9.54. The lowest BCUT2D eigenvalue weighted by molar-refractivity contribution is 0.307. The second-order valence-electron chi connectivity index (χ2n) is 4.81. The summed E-state index contributed by atoms with van der Waals surface area (Å²) >= 11 is 0. The van der Waals surface area contributed by atoms with Crippen LogP contribution in [-0.4, -0.2) is 15.6 Å². The van der Waals surface area contributed by atoms with Crippen LogP contribution in [0.5, 0.6) is 0 Å². The lowest BCUT2D eigenvalue weighted by atomic mass is 9.82. The Balaban J connectivity index is 1.67. The number of hydrogen-bond donors (Lipinski definition) is 1. The van der Waals surface area contributed by atoms with Crippen LogP contribution in [-0.2, 0) is 0 Å². The Morgan fingerprint density at radius 1 is 1.43 bits per heavy atom. The van der Waals surface area contributed by atoms with Gasteiger partial charge in [-0.2, -0.15) is 0 Å². The third-order valence-corrected chi connectivity index (χ3v) is 3.32. The van der Waals surface area contributed by atoms with Crippen molar-refractivity contribution in [2.45, 2.75) is 44.7 Å². The van der Waals surface area contributed by atoms with E-state index in [2.05, 4.69) is 28.0 Å². The van der Waals surface area contributed by atoms with E-state index in [1.807, 2.05) is 6.20 Å². The van der Waals surface area contributed by atoms with Gasteiger partial charge in [0.2, 0.25) is 5.95 Å². The average Bonchev–Trinajstić information content (AvgIpc) is 2.85. The van der Waals surface area contributed by atoms with Gasteiger partial charge in [-0.15, -0.1) is 0 Å². The van der Waals surface area contributed by atoms with Crippen LogP contribution in [0.15, 0.2) is 12.4 Å². The normalized spacial score (nSPS) is 31.2. The molecule has 2 fully saturated rings. The Bertz CT molecular complexity index is 321. The first-order chi connectivity index (χ1) is 6.83. The first-order valence-electron chi connectivity index (χ1n) is 5.62. The molecular weight excluding hydrogens is 174 g/mol. The largest absolute Gasteiger partial charge is 0.353 e. The summed E-state index contributed by atoms with van der Waals surface area (Å²) in [6.07, 6.45) is 9.26.